The van der Waals surface area contributed by atoms with Gasteiger partial charge in [0.2, 0.25) is 0 Å². The van der Waals surface area contributed by atoms with Gasteiger partial charge in [-0.2, -0.15) is 10.9 Å². The van der Waals surface area contributed by atoms with Crippen LogP contribution in [0.25, 0.3) is 0 Å². The number of hydrogen-bond acceptors (Lipinski definition) is 2. The quantitative estimate of drug-likeness (QED) is 0.713. The molecule has 0 fully saturated rings. The fourth-order valence-corrected chi connectivity index (χ4v) is 2.18. The molecular formula is C11H25NOS. The molecule has 3 heteroatoms. The van der Waals surface area contributed by atoms with Crippen LogP contribution in [0.2, 0.25) is 0 Å². The Morgan fingerprint density at radius 3 is 1.86 bits per heavy atom. The highest BCUT2D eigenvalue weighted by atomic mass is 32.2. The largest absolute Gasteiger partial charge is 0.302 e. The molecule has 1 atom stereocenters. The van der Waals surface area contributed by atoms with Crippen LogP contribution < -0.4 is 5.32 Å². The molecule has 0 aromatic rings. The third-order valence-electron chi connectivity index (χ3n) is 1.96. The van der Waals surface area contributed by atoms with Gasteiger partial charge in [-0.05, 0) is 39.2 Å². The highest BCUT2D eigenvalue weighted by Gasteiger charge is 2.26. The zero-order valence-electron chi connectivity index (χ0n) is 10.5. The lowest BCUT2D eigenvalue weighted by molar-refractivity contribution is -0.114. The number of rotatable bonds is 3. The SMILES string of the molecule is CC(C)C(NC(C)(C)C)C(=O)[SH](C)C. The summed E-state index contributed by atoms with van der Waals surface area (Å²) in [7, 11) is -0.488. The molecule has 0 amide bonds. The van der Waals surface area contributed by atoms with E-state index in [0.29, 0.717) is 11.0 Å². The van der Waals surface area contributed by atoms with Gasteiger partial charge < -0.3 is 5.32 Å². The highest BCUT2D eigenvalue weighted by molar-refractivity contribution is 8.28. The molecule has 0 spiro atoms. The zero-order chi connectivity index (χ0) is 11.5. The molecule has 0 heterocycles. The van der Waals surface area contributed by atoms with E-state index in [1.54, 1.807) is 0 Å². The number of carbonyl (C=O) groups is 1. The van der Waals surface area contributed by atoms with Crippen LogP contribution >= 0.6 is 10.9 Å². The minimum absolute atomic E-state index is 0.00986. The molecule has 0 aliphatic carbocycles. The predicted octanol–water partition coefficient (Wildman–Crippen LogP) is 2.19. The second kappa shape index (κ2) is 5.17. The van der Waals surface area contributed by atoms with E-state index in [0.717, 1.165) is 0 Å². The average molecular weight is 219 g/mol. The Hall–Kier alpha value is -0.0200. The van der Waals surface area contributed by atoms with Crippen LogP contribution in [0.4, 0.5) is 0 Å². The Morgan fingerprint density at radius 1 is 1.21 bits per heavy atom. The van der Waals surface area contributed by atoms with Crippen molar-refractivity contribution in [2.45, 2.75) is 46.2 Å². The summed E-state index contributed by atoms with van der Waals surface area (Å²) in [5, 5.41) is 3.78. The summed E-state index contributed by atoms with van der Waals surface area (Å²) in [5.41, 5.74) is 0.00986. The van der Waals surface area contributed by atoms with Gasteiger partial charge in [-0.3, -0.25) is 4.79 Å². The van der Waals surface area contributed by atoms with Gasteiger partial charge in [0.15, 0.2) is 5.12 Å². The highest BCUT2D eigenvalue weighted by Crippen LogP contribution is 2.22. The lowest BCUT2D eigenvalue weighted by Gasteiger charge is -2.31. The third-order valence-corrected chi connectivity index (χ3v) is 3.12. The molecule has 0 aliphatic rings. The van der Waals surface area contributed by atoms with Crippen molar-refractivity contribution < 1.29 is 4.79 Å². The molecule has 0 saturated carbocycles. The van der Waals surface area contributed by atoms with Gasteiger partial charge in [-0.25, -0.2) is 0 Å². The first-order chi connectivity index (χ1) is 6.15. The molecule has 86 valence electrons. The van der Waals surface area contributed by atoms with E-state index >= 15 is 0 Å². The zero-order valence-corrected chi connectivity index (χ0v) is 11.4. The monoisotopic (exact) mass is 219 g/mol. The first-order valence-corrected chi connectivity index (χ1v) is 7.37. The van der Waals surface area contributed by atoms with Crippen molar-refractivity contribution in [1.29, 1.82) is 0 Å². The van der Waals surface area contributed by atoms with Gasteiger partial charge in [0.1, 0.15) is 0 Å². The Bertz CT molecular complexity index is 194. The van der Waals surface area contributed by atoms with Crippen molar-refractivity contribution in [3.05, 3.63) is 0 Å². The Morgan fingerprint density at radius 2 is 1.64 bits per heavy atom. The summed E-state index contributed by atoms with van der Waals surface area (Å²) < 4.78 is 0. The fourth-order valence-electron chi connectivity index (χ4n) is 1.26. The van der Waals surface area contributed by atoms with Crippen LogP contribution in [-0.2, 0) is 4.79 Å². The normalized spacial score (nSPS) is 15.6. The summed E-state index contributed by atoms with van der Waals surface area (Å²) in [6, 6.07) is 0.0103. The Balaban J connectivity index is 4.54. The topological polar surface area (TPSA) is 29.1 Å². The standard InChI is InChI=1S/C11H25NOS/c1-8(2)9(10(13)14(6)7)12-11(3,4)5/h8-9,12,14H,1-7H3. The first kappa shape index (κ1) is 14.0. The van der Waals surface area contributed by atoms with Crippen molar-refractivity contribution in [3.8, 4) is 0 Å². The molecular weight excluding hydrogens is 194 g/mol. The van der Waals surface area contributed by atoms with Crippen LogP contribution in [0.3, 0.4) is 0 Å². The van der Waals surface area contributed by atoms with Gasteiger partial charge >= 0.3 is 0 Å². The van der Waals surface area contributed by atoms with Crippen molar-refractivity contribution in [3.63, 3.8) is 0 Å². The molecule has 2 nitrogen and oxygen atoms in total. The summed E-state index contributed by atoms with van der Waals surface area (Å²) in [6.07, 6.45) is 4.05. The van der Waals surface area contributed by atoms with E-state index in [-0.39, 0.29) is 11.6 Å². The van der Waals surface area contributed by atoms with E-state index < -0.39 is 10.9 Å². The third kappa shape index (κ3) is 5.01. The van der Waals surface area contributed by atoms with Crippen LogP contribution in [0.15, 0.2) is 0 Å². The van der Waals surface area contributed by atoms with Gasteiger partial charge in [0, 0.05) is 5.54 Å². The van der Waals surface area contributed by atoms with Gasteiger partial charge in [0.25, 0.3) is 0 Å². The lowest BCUT2D eigenvalue weighted by Crippen LogP contribution is -2.50. The number of hydrogen-bond donors (Lipinski definition) is 2. The lowest BCUT2D eigenvalue weighted by atomic mass is 10.0. The molecule has 0 aliphatic heterocycles. The summed E-state index contributed by atoms with van der Waals surface area (Å²) >= 11 is 0. The molecule has 1 N–H and O–H groups in total. The van der Waals surface area contributed by atoms with E-state index in [9.17, 15) is 4.79 Å². The van der Waals surface area contributed by atoms with Gasteiger partial charge in [0.05, 0.1) is 6.04 Å². The molecule has 0 bridgehead atoms. The minimum Gasteiger partial charge on any atom is -0.302 e. The summed E-state index contributed by atoms with van der Waals surface area (Å²) in [4.78, 5) is 11.9. The number of nitrogens with one attached hydrogen (secondary N) is 1. The minimum atomic E-state index is -0.488. The van der Waals surface area contributed by atoms with Crippen molar-refractivity contribution in [2.24, 2.45) is 5.92 Å². The van der Waals surface area contributed by atoms with Crippen molar-refractivity contribution in [2.75, 3.05) is 12.5 Å². The summed E-state index contributed by atoms with van der Waals surface area (Å²) in [6.45, 7) is 10.5. The summed E-state index contributed by atoms with van der Waals surface area (Å²) in [5.74, 6) is 0.367. The maximum Gasteiger partial charge on any atom is 0.186 e. The number of thiol groups is 1. The Labute approximate surface area is 91.2 Å². The first-order valence-electron chi connectivity index (χ1n) is 5.14. The maximum atomic E-state index is 11.9. The fraction of sp³-hybridized carbons (Fsp3) is 0.909. The average Bonchev–Trinajstić information content (AvgIpc) is 1.96. The van der Waals surface area contributed by atoms with E-state index in [1.165, 1.54) is 0 Å². The Kier molecular flexibility index (Phi) is 5.16. The van der Waals surface area contributed by atoms with Crippen LogP contribution in [0.1, 0.15) is 34.6 Å². The van der Waals surface area contributed by atoms with Crippen LogP contribution in [0.5, 0.6) is 0 Å². The van der Waals surface area contributed by atoms with Crippen molar-refractivity contribution >= 4 is 16.0 Å². The van der Waals surface area contributed by atoms with Gasteiger partial charge in [-0.1, -0.05) is 13.8 Å². The van der Waals surface area contributed by atoms with E-state index in [4.69, 9.17) is 0 Å². The van der Waals surface area contributed by atoms with E-state index in [2.05, 4.69) is 39.9 Å². The predicted molar refractivity (Wildman–Crippen MR) is 67.4 cm³/mol. The van der Waals surface area contributed by atoms with Gasteiger partial charge in [-0.15, -0.1) is 0 Å². The molecule has 0 radical (unpaired) electrons. The van der Waals surface area contributed by atoms with Crippen molar-refractivity contribution in [1.82, 2.24) is 5.32 Å². The second-order valence-electron chi connectivity index (χ2n) is 5.35. The molecule has 1 unspecified atom stereocenters. The second-order valence-corrected chi connectivity index (χ2v) is 7.58. The molecule has 0 aromatic heterocycles. The molecule has 0 saturated heterocycles. The molecule has 0 aromatic carbocycles. The number of carbonyl (C=O) groups excluding carboxylic acids is 1. The van der Waals surface area contributed by atoms with Crippen LogP contribution in [0, 0.1) is 5.92 Å². The molecule has 0 rings (SSSR count). The smallest absolute Gasteiger partial charge is 0.186 e. The van der Waals surface area contributed by atoms with E-state index in [1.807, 2.05) is 12.5 Å². The maximum absolute atomic E-state index is 11.9. The van der Waals surface area contributed by atoms with Crippen LogP contribution in [-0.4, -0.2) is 29.2 Å². The molecule has 14 heavy (non-hydrogen) atoms.